The molecule has 1 saturated heterocycles. The number of nitrogens with zero attached hydrogens (tertiary/aromatic N) is 2. The van der Waals surface area contributed by atoms with Gasteiger partial charge in [0.25, 0.3) is 0 Å². The van der Waals surface area contributed by atoms with Crippen LogP contribution in [0.25, 0.3) is 0 Å². The molecule has 88 valence electrons. The fourth-order valence-corrected chi connectivity index (χ4v) is 2.02. The second kappa shape index (κ2) is 4.45. The minimum absolute atomic E-state index is 0.163. The van der Waals surface area contributed by atoms with Crippen LogP contribution < -0.4 is 0 Å². The zero-order valence-electron chi connectivity index (χ0n) is 9.90. The lowest BCUT2D eigenvalue weighted by molar-refractivity contribution is -0.561. The summed E-state index contributed by atoms with van der Waals surface area (Å²) in [6.07, 6.45) is 0.326. The molecule has 0 aliphatic carbocycles. The van der Waals surface area contributed by atoms with E-state index in [2.05, 4.69) is 4.90 Å². The van der Waals surface area contributed by atoms with E-state index in [0.29, 0.717) is 6.54 Å². The summed E-state index contributed by atoms with van der Waals surface area (Å²) in [4.78, 5) is 12.7. The van der Waals surface area contributed by atoms with Gasteiger partial charge in [-0.25, -0.2) is 0 Å². The molecule has 5 nitrogen and oxygen atoms in total. The Morgan fingerprint density at radius 3 is 2.27 bits per heavy atom. The average Bonchev–Trinajstić information content (AvgIpc) is 1.99. The predicted molar refractivity (Wildman–Crippen MR) is 57.5 cm³/mol. The summed E-state index contributed by atoms with van der Waals surface area (Å²) in [6.45, 7) is 9.38. The Morgan fingerprint density at radius 1 is 1.40 bits per heavy atom. The molecule has 0 N–H and O–H groups in total. The molecular weight excluding hydrogens is 196 g/mol. The Bertz CT molecular complexity index is 233. The molecule has 0 bridgehead atoms. The number of hydrogen-bond donors (Lipinski definition) is 0. The van der Waals surface area contributed by atoms with E-state index < -0.39 is 5.54 Å². The fourth-order valence-electron chi connectivity index (χ4n) is 2.02. The molecule has 1 heterocycles. The summed E-state index contributed by atoms with van der Waals surface area (Å²) in [5.74, 6) is 0. The van der Waals surface area contributed by atoms with Crippen LogP contribution in [0.15, 0.2) is 0 Å². The monoisotopic (exact) mass is 216 g/mol. The third-order valence-electron chi connectivity index (χ3n) is 2.60. The van der Waals surface area contributed by atoms with Gasteiger partial charge in [-0.2, -0.15) is 0 Å². The molecule has 0 amide bonds. The molecule has 0 aromatic rings. The Hall–Kier alpha value is -0.680. The first-order valence-corrected chi connectivity index (χ1v) is 5.33. The van der Waals surface area contributed by atoms with Crippen molar-refractivity contribution < 1.29 is 9.66 Å². The third kappa shape index (κ3) is 3.43. The van der Waals surface area contributed by atoms with Gasteiger partial charge in [0.2, 0.25) is 5.54 Å². The van der Waals surface area contributed by atoms with Crippen LogP contribution >= 0.6 is 0 Å². The maximum atomic E-state index is 10.8. The number of nitro groups is 1. The quantitative estimate of drug-likeness (QED) is 0.524. The molecule has 5 heteroatoms. The van der Waals surface area contributed by atoms with Crippen LogP contribution in [-0.4, -0.2) is 47.2 Å². The average molecular weight is 216 g/mol. The van der Waals surface area contributed by atoms with E-state index in [1.165, 1.54) is 0 Å². The molecule has 2 atom stereocenters. The molecule has 0 aromatic heterocycles. The number of hydrogen-bond acceptors (Lipinski definition) is 4. The first kappa shape index (κ1) is 12.4. The molecule has 0 saturated carbocycles. The van der Waals surface area contributed by atoms with Crippen LogP contribution in [0.2, 0.25) is 0 Å². The van der Waals surface area contributed by atoms with Crippen LogP contribution in [0.1, 0.15) is 27.7 Å². The van der Waals surface area contributed by atoms with E-state index in [9.17, 15) is 10.1 Å². The maximum Gasteiger partial charge on any atom is 0.229 e. The number of morpholine rings is 1. The molecule has 0 radical (unpaired) electrons. The van der Waals surface area contributed by atoms with Crippen molar-refractivity contribution in [3.8, 4) is 0 Å². The van der Waals surface area contributed by atoms with E-state index >= 15 is 0 Å². The van der Waals surface area contributed by atoms with Crippen molar-refractivity contribution in [2.24, 2.45) is 0 Å². The van der Waals surface area contributed by atoms with E-state index in [1.807, 2.05) is 13.8 Å². The molecular formula is C10H20N2O3. The SMILES string of the molecule is CC1CN(CC(C)(C)[N+](=O)[O-])CC(C)O1. The Morgan fingerprint density at radius 2 is 1.87 bits per heavy atom. The summed E-state index contributed by atoms with van der Waals surface area (Å²) >= 11 is 0. The summed E-state index contributed by atoms with van der Waals surface area (Å²) in [6, 6.07) is 0. The molecule has 15 heavy (non-hydrogen) atoms. The van der Waals surface area contributed by atoms with Crippen molar-refractivity contribution in [1.82, 2.24) is 4.90 Å². The Balaban J connectivity index is 2.54. The van der Waals surface area contributed by atoms with Gasteiger partial charge in [-0.05, 0) is 13.8 Å². The fraction of sp³-hybridized carbons (Fsp3) is 1.00. The van der Waals surface area contributed by atoms with Crippen molar-refractivity contribution in [1.29, 1.82) is 0 Å². The molecule has 0 spiro atoms. The minimum Gasteiger partial charge on any atom is -0.373 e. The standard InChI is InChI=1S/C10H20N2O3/c1-8-5-11(6-9(2)15-8)7-10(3,4)12(13)14/h8-9H,5-7H2,1-4H3. The van der Waals surface area contributed by atoms with Crippen LogP contribution in [0.4, 0.5) is 0 Å². The van der Waals surface area contributed by atoms with Crippen LogP contribution in [0.3, 0.4) is 0 Å². The predicted octanol–water partition coefficient (Wildman–Crippen LogP) is 1.15. The highest BCUT2D eigenvalue weighted by molar-refractivity contribution is 4.79. The summed E-state index contributed by atoms with van der Waals surface area (Å²) in [7, 11) is 0. The highest BCUT2D eigenvalue weighted by atomic mass is 16.6. The molecule has 1 rings (SSSR count). The van der Waals surface area contributed by atoms with Crippen LogP contribution in [0.5, 0.6) is 0 Å². The van der Waals surface area contributed by atoms with Crippen molar-refractivity contribution in [3.05, 3.63) is 10.1 Å². The van der Waals surface area contributed by atoms with Gasteiger partial charge in [0.05, 0.1) is 18.8 Å². The Kier molecular flexibility index (Phi) is 3.67. The normalized spacial score (nSPS) is 29.1. The van der Waals surface area contributed by atoms with E-state index in [-0.39, 0.29) is 17.1 Å². The zero-order valence-corrected chi connectivity index (χ0v) is 9.90. The highest BCUT2D eigenvalue weighted by Gasteiger charge is 2.35. The lowest BCUT2D eigenvalue weighted by Gasteiger charge is -2.36. The van der Waals surface area contributed by atoms with Crippen molar-refractivity contribution in [2.75, 3.05) is 19.6 Å². The van der Waals surface area contributed by atoms with Gasteiger partial charge in [-0.15, -0.1) is 0 Å². The third-order valence-corrected chi connectivity index (χ3v) is 2.60. The topological polar surface area (TPSA) is 55.6 Å². The van der Waals surface area contributed by atoms with Crippen molar-refractivity contribution >= 4 is 0 Å². The highest BCUT2D eigenvalue weighted by Crippen LogP contribution is 2.16. The van der Waals surface area contributed by atoms with Crippen LogP contribution in [-0.2, 0) is 4.74 Å². The van der Waals surface area contributed by atoms with Gasteiger partial charge in [0, 0.05) is 31.9 Å². The van der Waals surface area contributed by atoms with E-state index in [0.717, 1.165) is 13.1 Å². The van der Waals surface area contributed by atoms with Gasteiger partial charge in [-0.3, -0.25) is 15.0 Å². The smallest absolute Gasteiger partial charge is 0.229 e. The van der Waals surface area contributed by atoms with E-state index in [4.69, 9.17) is 4.74 Å². The van der Waals surface area contributed by atoms with Crippen molar-refractivity contribution in [3.63, 3.8) is 0 Å². The second-order valence-corrected chi connectivity index (χ2v) is 5.02. The molecule has 0 aromatic carbocycles. The van der Waals surface area contributed by atoms with Crippen molar-refractivity contribution in [2.45, 2.75) is 45.4 Å². The van der Waals surface area contributed by atoms with Gasteiger partial charge >= 0.3 is 0 Å². The summed E-state index contributed by atoms with van der Waals surface area (Å²) < 4.78 is 5.58. The molecule has 2 unspecified atom stereocenters. The molecule has 1 aliphatic rings. The second-order valence-electron chi connectivity index (χ2n) is 5.02. The van der Waals surface area contributed by atoms with Gasteiger partial charge in [0.15, 0.2) is 0 Å². The van der Waals surface area contributed by atoms with Gasteiger partial charge in [0.1, 0.15) is 0 Å². The lowest BCUT2D eigenvalue weighted by Crippen LogP contribution is -2.52. The largest absolute Gasteiger partial charge is 0.373 e. The minimum atomic E-state index is -0.878. The van der Waals surface area contributed by atoms with Crippen LogP contribution in [0, 0.1) is 10.1 Å². The summed E-state index contributed by atoms with van der Waals surface area (Å²) in [5, 5.41) is 10.8. The summed E-state index contributed by atoms with van der Waals surface area (Å²) in [5.41, 5.74) is -0.878. The molecule has 1 fully saturated rings. The van der Waals surface area contributed by atoms with Gasteiger partial charge in [-0.1, -0.05) is 0 Å². The maximum absolute atomic E-state index is 10.8. The van der Waals surface area contributed by atoms with E-state index in [1.54, 1.807) is 13.8 Å². The first-order chi connectivity index (χ1) is 6.81. The zero-order chi connectivity index (χ0) is 11.6. The lowest BCUT2D eigenvalue weighted by atomic mass is 10.0. The van der Waals surface area contributed by atoms with Gasteiger partial charge < -0.3 is 4.74 Å². The molecule has 1 aliphatic heterocycles. The number of rotatable bonds is 3. The first-order valence-electron chi connectivity index (χ1n) is 5.33. The Labute approximate surface area is 90.5 Å². The number of ether oxygens (including phenoxy) is 1.